The maximum Gasteiger partial charge on any atom is 0.425 e. The Morgan fingerprint density at radius 3 is 2.60 bits per heavy atom. The lowest BCUT2D eigenvalue weighted by atomic mass is 10.1. The number of aliphatic hydroxyl groups excluding tert-OH is 1. The Morgan fingerprint density at radius 1 is 1.47 bits per heavy atom. The van der Waals surface area contributed by atoms with Crippen LogP contribution in [-0.2, 0) is 6.18 Å². The summed E-state index contributed by atoms with van der Waals surface area (Å²) in [6, 6.07) is 0.992. The van der Waals surface area contributed by atoms with E-state index >= 15 is 0 Å². The van der Waals surface area contributed by atoms with Crippen LogP contribution in [-0.4, -0.2) is 11.7 Å². The average molecular weight is 239 g/mol. The largest absolute Gasteiger partial charge is 0.425 e. The van der Waals surface area contributed by atoms with Gasteiger partial charge in [0.1, 0.15) is 4.88 Å². The summed E-state index contributed by atoms with van der Waals surface area (Å²) < 4.78 is 36.7. The van der Waals surface area contributed by atoms with Gasteiger partial charge < -0.3 is 10.8 Å². The lowest BCUT2D eigenvalue weighted by Crippen LogP contribution is -2.04. The van der Waals surface area contributed by atoms with Crippen LogP contribution >= 0.6 is 11.3 Å². The molecule has 0 amide bonds. The molecule has 6 heteroatoms. The van der Waals surface area contributed by atoms with Crippen LogP contribution in [0.25, 0.3) is 0 Å². The molecule has 0 bridgehead atoms. The monoisotopic (exact) mass is 239 g/mol. The van der Waals surface area contributed by atoms with E-state index in [1.54, 1.807) is 0 Å². The summed E-state index contributed by atoms with van der Waals surface area (Å²) in [6.45, 7) is 0.424. The molecular formula is C9H12F3NOS. The van der Waals surface area contributed by atoms with Crippen LogP contribution in [0.3, 0.4) is 0 Å². The summed E-state index contributed by atoms with van der Waals surface area (Å²) in [5.41, 5.74) is 5.56. The number of alkyl halides is 3. The van der Waals surface area contributed by atoms with E-state index in [-0.39, 0.29) is 0 Å². The molecule has 1 heterocycles. The standard InChI is InChI=1S/C9H12F3NOS/c10-9(11,12)8-4-6(5-15-8)7(14)2-1-3-13/h4-5,7,14H,1-3,13H2. The van der Waals surface area contributed by atoms with Crippen LogP contribution in [0.2, 0.25) is 0 Å². The molecule has 0 aliphatic heterocycles. The van der Waals surface area contributed by atoms with Gasteiger partial charge >= 0.3 is 6.18 Å². The van der Waals surface area contributed by atoms with E-state index < -0.39 is 17.2 Å². The smallest absolute Gasteiger partial charge is 0.388 e. The van der Waals surface area contributed by atoms with Gasteiger partial charge in [-0.3, -0.25) is 0 Å². The SMILES string of the molecule is NCCCC(O)c1csc(C(F)(F)F)c1. The Bertz CT molecular complexity index is 311. The van der Waals surface area contributed by atoms with Gasteiger partial charge in [-0.25, -0.2) is 0 Å². The van der Waals surface area contributed by atoms with Crippen molar-refractivity contribution in [1.82, 2.24) is 0 Å². The topological polar surface area (TPSA) is 46.2 Å². The molecule has 86 valence electrons. The fraction of sp³-hybridized carbons (Fsp3) is 0.556. The third kappa shape index (κ3) is 3.48. The quantitative estimate of drug-likeness (QED) is 0.848. The summed E-state index contributed by atoms with van der Waals surface area (Å²) in [5.74, 6) is 0. The van der Waals surface area contributed by atoms with Gasteiger partial charge in [0.05, 0.1) is 6.10 Å². The van der Waals surface area contributed by atoms with Gasteiger partial charge in [0.15, 0.2) is 0 Å². The fourth-order valence-corrected chi connectivity index (χ4v) is 1.98. The van der Waals surface area contributed by atoms with E-state index in [0.717, 1.165) is 6.07 Å². The van der Waals surface area contributed by atoms with Crippen LogP contribution in [0.15, 0.2) is 11.4 Å². The summed E-state index contributed by atoms with van der Waals surface area (Å²) in [7, 11) is 0. The lowest BCUT2D eigenvalue weighted by Gasteiger charge is -2.07. The van der Waals surface area contributed by atoms with Gasteiger partial charge in [0, 0.05) is 0 Å². The maximum atomic E-state index is 12.2. The van der Waals surface area contributed by atoms with Gasteiger partial charge in [-0.05, 0) is 36.4 Å². The number of hydrogen-bond acceptors (Lipinski definition) is 3. The first-order valence-electron chi connectivity index (χ1n) is 4.49. The Morgan fingerprint density at radius 2 is 2.13 bits per heavy atom. The zero-order valence-electron chi connectivity index (χ0n) is 7.92. The highest BCUT2D eigenvalue weighted by molar-refractivity contribution is 7.10. The van der Waals surface area contributed by atoms with Crippen molar-refractivity contribution >= 4 is 11.3 Å². The van der Waals surface area contributed by atoms with Crippen molar-refractivity contribution in [3.8, 4) is 0 Å². The zero-order valence-corrected chi connectivity index (χ0v) is 8.74. The van der Waals surface area contributed by atoms with Crippen LogP contribution in [0.4, 0.5) is 13.2 Å². The molecule has 1 rings (SSSR count). The van der Waals surface area contributed by atoms with E-state index in [1.807, 2.05) is 0 Å². The first-order chi connectivity index (χ1) is 6.95. The minimum atomic E-state index is -4.32. The number of halogens is 3. The predicted molar refractivity (Wildman–Crippen MR) is 52.6 cm³/mol. The van der Waals surface area contributed by atoms with Crippen molar-refractivity contribution in [2.24, 2.45) is 5.73 Å². The van der Waals surface area contributed by atoms with Crippen molar-refractivity contribution in [1.29, 1.82) is 0 Å². The molecule has 0 spiro atoms. The third-order valence-electron chi connectivity index (χ3n) is 1.97. The third-order valence-corrected chi connectivity index (χ3v) is 2.96. The van der Waals surface area contributed by atoms with E-state index in [4.69, 9.17) is 5.73 Å². The first-order valence-corrected chi connectivity index (χ1v) is 5.37. The molecule has 0 aromatic carbocycles. The molecule has 15 heavy (non-hydrogen) atoms. The molecular weight excluding hydrogens is 227 g/mol. The van der Waals surface area contributed by atoms with Crippen LogP contribution in [0.1, 0.15) is 29.4 Å². The Balaban J connectivity index is 2.67. The Kier molecular flexibility index (Phi) is 4.12. The van der Waals surface area contributed by atoms with Gasteiger partial charge in [-0.15, -0.1) is 11.3 Å². The molecule has 0 saturated carbocycles. The van der Waals surface area contributed by atoms with Gasteiger partial charge in [-0.2, -0.15) is 13.2 Å². The second-order valence-electron chi connectivity index (χ2n) is 3.19. The molecule has 0 saturated heterocycles. The molecule has 1 unspecified atom stereocenters. The summed E-state index contributed by atoms with van der Waals surface area (Å²) >= 11 is 0.602. The minimum absolute atomic E-state index is 0.320. The van der Waals surface area contributed by atoms with Crippen molar-refractivity contribution in [3.63, 3.8) is 0 Å². The van der Waals surface area contributed by atoms with Crippen LogP contribution in [0.5, 0.6) is 0 Å². The van der Waals surface area contributed by atoms with Crippen molar-refractivity contribution in [2.45, 2.75) is 25.1 Å². The van der Waals surface area contributed by atoms with Gasteiger partial charge in [-0.1, -0.05) is 0 Å². The van der Waals surface area contributed by atoms with Crippen molar-refractivity contribution in [2.75, 3.05) is 6.54 Å². The Labute approximate surface area is 89.5 Å². The van der Waals surface area contributed by atoms with Crippen molar-refractivity contribution < 1.29 is 18.3 Å². The number of nitrogens with two attached hydrogens (primary N) is 1. The Hall–Kier alpha value is -0.590. The van der Waals surface area contributed by atoms with E-state index in [2.05, 4.69) is 0 Å². The predicted octanol–water partition coefficient (Wildman–Crippen LogP) is 2.54. The van der Waals surface area contributed by atoms with E-state index in [0.29, 0.717) is 36.3 Å². The van der Waals surface area contributed by atoms with Crippen molar-refractivity contribution in [3.05, 3.63) is 21.9 Å². The van der Waals surface area contributed by atoms with E-state index in [1.165, 1.54) is 5.38 Å². The number of aliphatic hydroxyl groups is 1. The molecule has 2 nitrogen and oxygen atoms in total. The summed E-state index contributed by atoms with van der Waals surface area (Å²) in [6.07, 6.45) is -4.18. The highest BCUT2D eigenvalue weighted by atomic mass is 32.1. The zero-order chi connectivity index (χ0) is 11.5. The van der Waals surface area contributed by atoms with E-state index in [9.17, 15) is 18.3 Å². The molecule has 0 aliphatic carbocycles. The first kappa shape index (κ1) is 12.5. The number of thiophene rings is 1. The minimum Gasteiger partial charge on any atom is -0.388 e. The number of rotatable bonds is 4. The molecule has 3 N–H and O–H groups in total. The van der Waals surface area contributed by atoms with Crippen LogP contribution in [0, 0.1) is 0 Å². The molecule has 0 fully saturated rings. The normalized spacial score (nSPS) is 14.2. The molecule has 1 aromatic rings. The summed E-state index contributed by atoms with van der Waals surface area (Å²) in [5, 5.41) is 10.9. The second kappa shape index (κ2) is 4.96. The second-order valence-corrected chi connectivity index (χ2v) is 4.10. The molecule has 1 aromatic heterocycles. The fourth-order valence-electron chi connectivity index (χ4n) is 1.15. The van der Waals surface area contributed by atoms with Gasteiger partial charge in [0.2, 0.25) is 0 Å². The number of hydrogen-bond donors (Lipinski definition) is 2. The van der Waals surface area contributed by atoms with Crippen LogP contribution < -0.4 is 5.73 Å². The highest BCUT2D eigenvalue weighted by Crippen LogP contribution is 2.36. The molecule has 1 atom stereocenters. The average Bonchev–Trinajstić information content (AvgIpc) is 2.62. The highest BCUT2D eigenvalue weighted by Gasteiger charge is 2.32. The molecule has 0 radical (unpaired) electrons. The lowest BCUT2D eigenvalue weighted by molar-refractivity contribution is -0.134. The summed E-state index contributed by atoms with van der Waals surface area (Å²) in [4.78, 5) is -0.677. The molecule has 0 aliphatic rings. The van der Waals surface area contributed by atoms with Gasteiger partial charge in [0.25, 0.3) is 0 Å². The maximum absolute atomic E-state index is 12.2.